The molecule has 12 heteroatoms. The third kappa shape index (κ3) is 8.63. The lowest BCUT2D eigenvalue weighted by atomic mass is 10.2. The molecule has 0 unspecified atom stereocenters. The number of ether oxygens (including phenoxy) is 4. The fraction of sp³-hybridized carbons (Fsp3) is 0.480. The Morgan fingerprint density at radius 2 is 1.65 bits per heavy atom. The highest BCUT2D eigenvalue weighted by molar-refractivity contribution is 7.91. The average molecular weight is 595 g/mol. The number of alkyl halides is 1. The molecule has 2 aromatic rings. The minimum Gasteiger partial charge on any atom is -0.493 e. The number of sulfone groups is 1. The third-order valence-electron chi connectivity index (χ3n) is 5.54. The largest absolute Gasteiger partial charge is 0.493 e. The van der Waals surface area contributed by atoms with E-state index in [9.17, 15) is 13.2 Å². The summed E-state index contributed by atoms with van der Waals surface area (Å²) in [5.74, 6) is 0.453. The number of nitrogens with zero attached hydrogens (tertiary/aromatic N) is 1. The van der Waals surface area contributed by atoms with Crippen molar-refractivity contribution in [3.63, 3.8) is 0 Å². The van der Waals surface area contributed by atoms with Crippen molar-refractivity contribution in [1.82, 2.24) is 4.90 Å². The Morgan fingerprint density at radius 3 is 2.22 bits per heavy atom. The first-order valence-electron chi connectivity index (χ1n) is 11.7. The minimum atomic E-state index is -3.91. The van der Waals surface area contributed by atoms with Crippen LogP contribution in [0.2, 0.25) is 10.0 Å². The van der Waals surface area contributed by atoms with Crippen LogP contribution >= 0.6 is 34.8 Å². The molecule has 0 radical (unpaired) electrons. The number of halogens is 3. The fourth-order valence-electron chi connectivity index (χ4n) is 3.72. The van der Waals surface area contributed by atoms with E-state index in [1.165, 1.54) is 31.2 Å². The van der Waals surface area contributed by atoms with Gasteiger partial charge >= 0.3 is 5.97 Å². The second kappa shape index (κ2) is 13.9. The van der Waals surface area contributed by atoms with Gasteiger partial charge in [0.2, 0.25) is 9.84 Å². The Morgan fingerprint density at radius 1 is 1.03 bits per heavy atom. The van der Waals surface area contributed by atoms with Gasteiger partial charge in [-0.2, -0.15) is 0 Å². The molecule has 0 bridgehead atoms. The number of carbonyl (C=O) groups is 1. The van der Waals surface area contributed by atoms with Crippen molar-refractivity contribution in [1.29, 1.82) is 0 Å². The predicted molar refractivity (Wildman–Crippen MR) is 142 cm³/mol. The van der Waals surface area contributed by atoms with Crippen LogP contribution < -0.4 is 9.47 Å². The monoisotopic (exact) mass is 593 g/mol. The normalized spacial score (nSPS) is 16.1. The molecule has 0 saturated carbocycles. The summed E-state index contributed by atoms with van der Waals surface area (Å²) in [5.41, 5.74) is 0. The van der Waals surface area contributed by atoms with Gasteiger partial charge in [-0.1, -0.05) is 30.1 Å². The molecule has 0 aliphatic carbocycles. The van der Waals surface area contributed by atoms with E-state index in [0.717, 1.165) is 32.8 Å². The van der Waals surface area contributed by atoms with Crippen LogP contribution in [0, 0.1) is 5.92 Å². The average Bonchev–Trinajstić information content (AvgIpc) is 2.86. The van der Waals surface area contributed by atoms with Crippen molar-refractivity contribution in [2.24, 2.45) is 5.92 Å². The van der Waals surface area contributed by atoms with E-state index < -0.39 is 21.9 Å². The first-order valence-corrected chi connectivity index (χ1v) is 14.5. The highest BCUT2D eigenvalue weighted by atomic mass is 35.5. The summed E-state index contributed by atoms with van der Waals surface area (Å²) in [4.78, 5) is 13.5. The zero-order chi connectivity index (χ0) is 27.0. The summed E-state index contributed by atoms with van der Waals surface area (Å²) in [7, 11) is -3.91. The Balaban J connectivity index is 1.63. The van der Waals surface area contributed by atoms with Gasteiger partial charge in [0.15, 0.2) is 5.75 Å². The molecule has 1 aliphatic rings. The van der Waals surface area contributed by atoms with Crippen molar-refractivity contribution in [3.8, 4) is 11.5 Å². The topological polar surface area (TPSA) is 91.4 Å². The van der Waals surface area contributed by atoms with E-state index in [-0.39, 0.29) is 38.1 Å². The predicted octanol–water partition coefficient (Wildman–Crippen LogP) is 4.72. The zero-order valence-electron chi connectivity index (χ0n) is 20.6. The second-order valence-corrected chi connectivity index (χ2v) is 11.8. The van der Waals surface area contributed by atoms with Crippen LogP contribution in [0.4, 0.5) is 0 Å². The van der Waals surface area contributed by atoms with Crippen molar-refractivity contribution >= 4 is 50.6 Å². The van der Waals surface area contributed by atoms with Crippen LogP contribution in [0.5, 0.6) is 11.5 Å². The van der Waals surface area contributed by atoms with Crippen LogP contribution in [-0.2, 0) is 24.1 Å². The number of carbonyl (C=O) groups excluding carboxylic acids is 1. The number of hydrogen-bond donors (Lipinski definition) is 0. The maximum atomic E-state index is 13.2. The smallest absolute Gasteiger partial charge is 0.303 e. The first kappa shape index (κ1) is 29.8. The molecular weight excluding hydrogens is 565 g/mol. The van der Waals surface area contributed by atoms with Gasteiger partial charge in [-0.15, -0.1) is 11.6 Å². The molecule has 2 aromatic carbocycles. The number of morpholine rings is 1. The van der Waals surface area contributed by atoms with E-state index in [1.54, 1.807) is 12.1 Å². The highest BCUT2D eigenvalue weighted by Gasteiger charge is 2.23. The standard InChI is InChI=1S/C25H30Cl3NO7S/c1-17(14-29-7-9-33-10-8-29)15-34-19-3-5-21(6-4-19)37(31,32)22-11-23(27)25(24(28)12-22)35-16-20(13-26)36-18(2)30/h3-6,11-12,17,20H,7-10,13-16H2,1-2H3/t17-,20-/m0/s1. The van der Waals surface area contributed by atoms with Gasteiger partial charge in [0.05, 0.1) is 45.5 Å². The summed E-state index contributed by atoms with van der Waals surface area (Å²) in [5, 5.41) is -0.00661. The van der Waals surface area contributed by atoms with Crippen LogP contribution in [0.1, 0.15) is 13.8 Å². The van der Waals surface area contributed by atoms with Crippen LogP contribution in [0.3, 0.4) is 0 Å². The van der Waals surface area contributed by atoms with Gasteiger partial charge in [-0.05, 0) is 36.4 Å². The Hall–Kier alpha value is -1.75. The quantitative estimate of drug-likeness (QED) is 0.258. The molecule has 0 spiro atoms. The van der Waals surface area contributed by atoms with Crippen LogP contribution in [0.15, 0.2) is 46.2 Å². The summed E-state index contributed by atoms with van der Waals surface area (Å²) in [6.45, 7) is 8.03. The summed E-state index contributed by atoms with van der Waals surface area (Å²) in [6.07, 6.45) is -0.710. The third-order valence-corrected chi connectivity index (χ3v) is 8.20. The molecule has 37 heavy (non-hydrogen) atoms. The fourth-order valence-corrected chi connectivity index (χ4v) is 5.91. The Labute approximate surface area is 232 Å². The molecule has 3 rings (SSSR count). The molecule has 204 valence electrons. The molecule has 0 N–H and O–H groups in total. The highest BCUT2D eigenvalue weighted by Crippen LogP contribution is 2.37. The van der Waals surface area contributed by atoms with Gasteiger partial charge in [0.25, 0.3) is 0 Å². The summed E-state index contributed by atoms with van der Waals surface area (Å²) < 4.78 is 48.2. The lowest BCUT2D eigenvalue weighted by molar-refractivity contribution is -0.146. The second-order valence-electron chi connectivity index (χ2n) is 8.72. The zero-order valence-corrected chi connectivity index (χ0v) is 23.7. The van der Waals surface area contributed by atoms with Crippen molar-refractivity contribution in [3.05, 3.63) is 46.4 Å². The molecular formula is C25H30Cl3NO7S. The maximum absolute atomic E-state index is 13.2. The van der Waals surface area contributed by atoms with E-state index in [1.807, 2.05) is 0 Å². The molecule has 1 aliphatic heterocycles. The van der Waals surface area contributed by atoms with Gasteiger partial charge in [-0.3, -0.25) is 9.69 Å². The number of rotatable bonds is 12. The molecule has 0 amide bonds. The minimum absolute atomic E-state index is 0.00330. The molecule has 1 fully saturated rings. The van der Waals surface area contributed by atoms with Gasteiger partial charge in [-0.25, -0.2) is 8.42 Å². The van der Waals surface area contributed by atoms with Crippen LogP contribution in [-0.4, -0.2) is 77.3 Å². The van der Waals surface area contributed by atoms with Crippen molar-refractivity contribution in [2.45, 2.75) is 29.7 Å². The molecule has 0 aromatic heterocycles. The SMILES string of the molecule is CC(=O)O[C@@H](CCl)COc1c(Cl)cc(S(=O)(=O)c2ccc(OC[C@@H](C)CN3CCOCC3)cc2)cc1Cl. The molecule has 1 saturated heterocycles. The van der Waals surface area contributed by atoms with Crippen molar-refractivity contribution < 1.29 is 32.2 Å². The molecule has 8 nitrogen and oxygen atoms in total. The van der Waals surface area contributed by atoms with E-state index in [4.69, 9.17) is 53.8 Å². The van der Waals surface area contributed by atoms with E-state index >= 15 is 0 Å². The summed E-state index contributed by atoms with van der Waals surface area (Å²) in [6, 6.07) is 8.73. The maximum Gasteiger partial charge on any atom is 0.303 e. The lowest BCUT2D eigenvalue weighted by Crippen LogP contribution is -2.39. The van der Waals surface area contributed by atoms with Gasteiger partial charge in [0.1, 0.15) is 18.5 Å². The summed E-state index contributed by atoms with van der Waals surface area (Å²) >= 11 is 18.3. The van der Waals surface area contributed by atoms with Gasteiger partial charge in [0, 0.05) is 32.5 Å². The number of hydrogen-bond acceptors (Lipinski definition) is 8. The lowest BCUT2D eigenvalue weighted by Gasteiger charge is -2.29. The Bertz CT molecular complexity index is 1130. The van der Waals surface area contributed by atoms with Gasteiger partial charge < -0.3 is 18.9 Å². The molecule has 1 heterocycles. The number of esters is 1. The first-order chi connectivity index (χ1) is 17.6. The van der Waals surface area contributed by atoms with E-state index in [2.05, 4.69) is 11.8 Å². The Kier molecular flexibility index (Phi) is 11.2. The van der Waals surface area contributed by atoms with Crippen molar-refractivity contribution in [2.75, 3.05) is 51.9 Å². The van der Waals surface area contributed by atoms with Crippen LogP contribution in [0.25, 0.3) is 0 Å². The molecule has 2 atom stereocenters. The van der Waals surface area contributed by atoms with E-state index in [0.29, 0.717) is 18.3 Å². The number of benzene rings is 2.